The van der Waals surface area contributed by atoms with Gasteiger partial charge in [0.25, 0.3) is 5.91 Å². The van der Waals surface area contributed by atoms with Gasteiger partial charge in [0.05, 0.1) is 29.9 Å². The van der Waals surface area contributed by atoms with Crippen molar-refractivity contribution in [1.82, 2.24) is 4.90 Å². The number of unbranched alkanes of at least 4 members (excludes halogenated alkanes) is 1. The van der Waals surface area contributed by atoms with E-state index in [2.05, 4.69) is 11.9 Å². The zero-order valence-electron chi connectivity index (χ0n) is 18.0. The molecule has 1 fully saturated rings. The monoisotopic (exact) mass is 438 g/mol. The number of ether oxygens (including phenoxy) is 2. The molecule has 1 saturated heterocycles. The highest BCUT2D eigenvalue weighted by Gasteiger charge is 2.32. The molecule has 1 aliphatic heterocycles. The van der Waals surface area contributed by atoms with Crippen molar-refractivity contribution < 1.29 is 19.1 Å². The highest BCUT2D eigenvalue weighted by atomic mass is 32.2. The topological polar surface area (TPSA) is 68.2 Å². The molecule has 1 amide bonds. The number of hydrogen-bond acceptors (Lipinski definition) is 6. The summed E-state index contributed by atoms with van der Waals surface area (Å²) in [5.74, 6) is 0.315. The molecule has 6 nitrogen and oxygen atoms in total. The van der Waals surface area contributed by atoms with E-state index in [9.17, 15) is 9.59 Å². The number of esters is 1. The van der Waals surface area contributed by atoms with Gasteiger partial charge >= 0.3 is 5.97 Å². The minimum absolute atomic E-state index is 0.0846. The molecule has 1 aliphatic rings. The molecule has 7 heteroatoms. The lowest BCUT2D eigenvalue weighted by Crippen LogP contribution is -2.28. The van der Waals surface area contributed by atoms with Crippen LogP contribution in [0.4, 0.5) is 5.69 Å². The first kappa shape index (κ1) is 22.6. The maximum Gasteiger partial charge on any atom is 0.337 e. The van der Waals surface area contributed by atoms with Crippen LogP contribution in [0.2, 0.25) is 0 Å². The number of carbonyl (C=O) groups is 2. The van der Waals surface area contributed by atoms with E-state index in [-0.39, 0.29) is 5.91 Å². The summed E-state index contributed by atoms with van der Waals surface area (Å²) in [5, 5.41) is 0.584. The van der Waals surface area contributed by atoms with Crippen molar-refractivity contribution in [3.8, 4) is 5.75 Å². The fraction of sp³-hybridized carbons (Fsp3) is 0.292. The summed E-state index contributed by atoms with van der Waals surface area (Å²) in [6.07, 6.45) is 3.97. The van der Waals surface area contributed by atoms with Crippen LogP contribution in [0.1, 0.15) is 42.6 Å². The van der Waals surface area contributed by atoms with E-state index in [4.69, 9.17) is 9.47 Å². The van der Waals surface area contributed by atoms with Gasteiger partial charge in [-0.25, -0.2) is 9.79 Å². The molecule has 1 heterocycles. The summed E-state index contributed by atoms with van der Waals surface area (Å²) >= 11 is 1.32. The average molecular weight is 439 g/mol. The molecule has 0 unspecified atom stereocenters. The normalized spacial score (nSPS) is 16.2. The van der Waals surface area contributed by atoms with Gasteiger partial charge in [0.1, 0.15) is 5.75 Å². The minimum Gasteiger partial charge on any atom is -0.494 e. The van der Waals surface area contributed by atoms with E-state index >= 15 is 0 Å². The number of thioether (sulfide) groups is 1. The molecular weight excluding hydrogens is 412 g/mol. The fourth-order valence-electron chi connectivity index (χ4n) is 2.95. The molecule has 0 spiro atoms. The number of hydrogen-bond donors (Lipinski definition) is 0. The second kappa shape index (κ2) is 10.8. The van der Waals surface area contributed by atoms with Crippen molar-refractivity contribution in [2.45, 2.75) is 26.7 Å². The Balaban J connectivity index is 1.79. The van der Waals surface area contributed by atoms with Crippen LogP contribution in [-0.4, -0.2) is 42.2 Å². The summed E-state index contributed by atoms with van der Waals surface area (Å²) in [4.78, 5) is 31.5. The predicted octanol–water partition coefficient (Wildman–Crippen LogP) is 5.28. The van der Waals surface area contributed by atoms with Gasteiger partial charge in [-0.05, 0) is 67.1 Å². The maximum absolute atomic E-state index is 12.9. The van der Waals surface area contributed by atoms with Crippen LogP contribution < -0.4 is 4.74 Å². The zero-order valence-corrected chi connectivity index (χ0v) is 18.8. The van der Waals surface area contributed by atoms with Crippen LogP contribution >= 0.6 is 11.8 Å². The van der Waals surface area contributed by atoms with Crippen molar-refractivity contribution in [2.24, 2.45) is 4.99 Å². The van der Waals surface area contributed by atoms with Gasteiger partial charge in [-0.1, -0.05) is 31.5 Å². The van der Waals surface area contributed by atoms with E-state index in [1.54, 1.807) is 29.2 Å². The Morgan fingerprint density at radius 1 is 1.16 bits per heavy atom. The number of likely N-dealkylation sites (N-methyl/N-ethyl adjacent to an activating group) is 1. The molecule has 31 heavy (non-hydrogen) atoms. The van der Waals surface area contributed by atoms with Crippen molar-refractivity contribution in [1.29, 1.82) is 0 Å². The third-order valence-corrected chi connectivity index (χ3v) is 5.65. The number of methoxy groups -OCH3 is 1. The third kappa shape index (κ3) is 5.76. The molecule has 0 bridgehead atoms. The Bertz CT molecular complexity index is 999. The summed E-state index contributed by atoms with van der Waals surface area (Å²) in [6, 6.07) is 14.5. The number of amides is 1. The Hall–Kier alpha value is -3.06. The smallest absolute Gasteiger partial charge is 0.337 e. The largest absolute Gasteiger partial charge is 0.494 e. The summed E-state index contributed by atoms with van der Waals surface area (Å²) in [6.45, 7) is 5.24. The lowest BCUT2D eigenvalue weighted by Gasteiger charge is -2.12. The van der Waals surface area contributed by atoms with E-state index in [1.807, 2.05) is 37.3 Å². The van der Waals surface area contributed by atoms with E-state index < -0.39 is 5.97 Å². The average Bonchev–Trinajstić information content (AvgIpc) is 3.08. The van der Waals surface area contributed by atoms with Gasteiger partial charge in [-0.15, -0.1) is 0 Å². The molecule has 2 aromatic rings. The lowest BCUT2D eigenvalue weighted by atomic mass is 10.2. The molecule has 2 aromatic carbocycles. The van der Waals surface area contributed by atoms with Crippen molar-refractivity contribution in [2.75, 3.05) is 20.3 Å². The number of aliphatic imine (C=N–C) groups is 1. The second-order valence-corrected chi connectivity index (χ2v) is 7.88. The van der Waals surface area contributed by atoms with E-state index in [0.717, 1.165) is 24.2 Å². The zero-order chi connectivity index (χ0) is 22.2. The molecule has 0 atom stereocenters. The van der Waals surface area contributed by atoms with E-state index in [1.165, 1.54) is 18.9 Å². The molecule has 3 rings (SSSR count). The number of carbonyl (C=O) groups excluding carboxylic acids is 2. The second-order valence-electron chi connectivity index (χ2n) is 6.87. The molecule has 0 saturated carbocycles. The van der Waals surface area contributed by atoms with Crippen LogP contribution in [0.25, 0.3) is 6.08 Å². The fourth-order valence-corrected chi connectivity index (χ4v) is 4.01. The Kier molecular flexibility index (Phi) is 7.89. The predicted molar refractivity (Wildman–Crippen MR) is 125 cm³/mol. The van der Waals surface area contributed by atoms with Gasteiger partial charge < -0.3 is 9.47 Å². The molecular formula is C24H26N2O4S. The van der Waals surface area contributed by atoms with Crippen molar-refractivity contribution in [3.63, 3.8) is 0 Å². The van der Waals surface area contributed by atoms with Gasteiger partial charge in [0, 0.05) is 6.54 Å². The standard InChI is InChI=1S/C24H26N2O4S/c1-4-6-14-30-20-12-10-17(11-13-20)15-21-22(27)26(5-2)24(31-21)25-19-9-7-8-18(16-19)23(28)29-3/h7-13,15-16H,4-6,14H2,1-3H3. The number of nitrogens with zero attached hydrogens (tertiary/aromatic N) is 2. The lowest BCUT2D eigenvalue weighted by molar-refractivity contribution is -0.122. The molecule has 162 valence electrons. The number of benzene rings is 2. The third-order valence-electron chi connectivity index (χ3n) is 4.64. The molecule has 0 N–H and O–H groups in total. The maximum atomic E-state index is 12.9. The first-order valence-electron chi connectivity index (χ1n) is 10.3. The molecule has 0 aliphatic carbocycles. The first-order valence-corrected chi connectivity index (χ1v) is 11.1. The summed E-state index contributed by atoms with van der Waals surface area (Å²) in [5.41, 5.74) is 1.92. The van der Waals surface area contributed by atoms with Crippen LogP contribution in [0.15, 0.2) is 58.4 Å². The van der Waals surface area contributed by atoms with Gasteiger partial charge in [0.2, 0.25) is 0 Å². The minimum atomic E-state index is -0.424. The Morgan fingerprint density at radius 2 is 1.94 bits per heavy atom. The highest BCUT2D eigenvalue weighted by Crippen LogP contribution is 2.34. The molecule has 0 radical (unpaired) electrons. The van der Waals surface area contributed by atoms with Crippen molar-refractivity contribution >= 4 is 40.6 Å². The van der Waals surface area contributed by atoms with Crippen molar-refractivity contribution in [3.05, 3.63) is 64.6 Å². The highest BCUT2D eigenvalue weighted by molar-refractivity contribution is 8.18. The molecule has 0 aromatic heterocycles. The first-order chi connectivity index (χ1) is 15.0. The van der Waals surface area contributed by atoms with Gasteiger partial charge in [0.15, 0.2) is 5.17 Å². The van der Waals surface area contributed by atoms with Gasteiger partial charge in [-0.3, -0.25) is 9.69 Å². The SMILES string of the molecule is CCCCOc1ccc(C=C2SC(=Nc3cccc(C(=O)OC)c3)N(CC)C2=O)cc1. The summed E-state index contributed by atoms with van der Waals surface area (Å²) < 4.78 is 10.5. The Morgan fingerprint density at radius 3 is 2.61 bits per heavy atom. The van der Waals surface area contributed by atoms with E-state index in [0.29, 0.717) is 34.5 Å². The number of rotatable bonds is 8. The number of amidine groups is 1. The van der Waals surface area contributed by atoms with Crippen LogP contribution in [0.3, 0.4) is 0 Å². The van der Waals surface area contributed by atoms with Crippen LogP contribution in [-0.2, 0) is 9.53 Å². The van der Waals surface area contributed by atoms with Crippen LogP contribution in [0, 0.1) is 0 Å². The Labute approximate surface area is 187 Å². The summed E-state index contributed by atoms with van der Waals surface area (Å²) in [7, 11) is 1.34. The van der Waals surface area contributed by atoms with Crippen LogP contribution in [0.5, 0.6) is 5.75 Å². The quantitative estimate of drug-likeness (QED) is 0.319. The van der Waals surface area contributed by atoms with Gasteiger partial charge in [-0.2, -0.15) is 0 Å².